The first-order valence-electron chi connectivity index (χ1n) is 8.72. The third kappa shape index (κ3) is 4.22. The standard InChI is InChI=1S/C20H13ClF3N3O2S/c21-13-1-6-17-16(9-13)12(7-8-25-17)10-26-11-18(28)27(19(26)29)14-2-4-15(5-3-14)30-20(22,23)24/h1-9H,10-11H2. The fraction of sp³-hybridized carbons (Fsp3) is 0.150. The lowest BCUT2D eigenvalue weighted by Crippen LogP contribution is -2.32. The first kappa shape index (κ1) is 20.5. The average molecular weight is 452 g/mol. The van der Waals surface area contributed by atoms with Gasteiger partial charge in [0.05, 0.1) is 11.2 Å². The van der Waals surface area contributed by atoms with E-state index in [-0.39, 0.29) is 35.4 Å². The number of halogens is 4. The van der Waals surface area contributed by atoms with Crippen LogP contribution >= 0.6 is 23.4 Å². The van der Waals surface area contributed by atoms with E-state index in [2.05, 4.69) is 4.98 Å². The Hall–Kier alpha value is -2.78. The first-order valence-corrected chi connectivity index (χ1v) is 9.91. The number of amides is 3. The van der Waals surface area contributed by atoms with E-state index >= 15 is 0 Å². The summed E-state index contributed by atoms with van der Waals surface area (Å²) in [5.74, 6) is -0.451. The molecule has 0 bridgehead atoms. The van der Waals surface area contributed by atoms with Gasteiger partial charge >= 0.3 is 11.5 Å². The third-order valence-corrected chi connectivity index (χ3v) is 5.50. The smallest absolute Gasteiger partial charge is 0.310 e. The van der Waals surface area contributed by atoms with Crippen molar-refractivity contribution < 1.29 is 22.8 Å². The second-order valence-electron chi connectivity index (χ2n) is 6.54. The van der Waals surface area contributed by atoms with Crippen LogP contribution in [0.25, 0.3) is 10.9 Å². The van der Waals surface area contributed by atoms with Crippen molar-refractivity contribution in [1.29, 1.82) is 0 Å². The Kier molecular flexibility index (Phi) is 5.33. The number of anilines is 1. The van der Waals surface area contributed by atoms with Gasteiger partial charge in [-0.2, -0.15) is 13.2 Å². The molecule has 30 heavy (non-hydrogen) atoms. The lowest BCUT2D eigenvalue weighted by Gasteiger charge is -2.18. The van der Waals surface area contributed by atoms with Gasteiger partial charge in [0.2, 0.25) is 0 Å². The molecule has 3 aromatic rings. The van der Waals surface area contributed by atoms with Crippen LogP contribution in [0, 0.1) is 0 Å². The minimum Gasteiger partial charge on any atom is -0.310 e. The summed E-state index contributed by atoms with van der Waals surface area (Å²) in [6.07, 6.45) is 1.61. The van der Waals surface area contributed by atoms with Gasteiger partial charge in [-0.1, -0.05) is 11.6 Å². The number of aromatic nitrogens is 1. The lowest BCUT2D eigenvalue weighted by atomic mass is 10.1. The van der Waals surface area contributed by atoms with Crippen molar-refractivity contribution in [2.24, 2.45) is 0 Å². The molecule has 1 saturated heterocycles. The van der Waals surface area contributed by atoms with Gasteiger partial charge in [0.15, 0.2) is 0 Å². The molecule has 1 aliphatic heterocycles. The van der Waals surface area contributed by atoms with Gasteiger partial charge in [0, 0.05) is 28.0 Å². The molecule has 1 fully saturated rings. The molecule has 3 amide bonds. The predicted molar refractivity (Wildman–Crippen MR) is 108 cm³/mol. The lowest BCUT2D eigenvalue weighted by molar-refractivity contribution is -0.116. The van der Waals surface area contributed by atoms with Crippen molar-refractivity contribution in [3.63, 3.8) is 0 Å². The van der Waals surface area contributed by atoms with Gasteiger partial charge in [0.25, 0.3) is 5.91 Å². The largest absolute Gasteiger partial charge is 0.446 e. The molecule has 2 aromatic carbocycles. The number of benzene rings is 2. The number of carbonyl (C=O) groups excluding carboxylic acids is 2. The summed E-state index contributed by atoms with van der Waals surface area (Å²) < 4.78 is 37.5. The van der Waals surface area contributed by atoms with Gasteiger partial charge in [0.1, 0.15) is 6.54 Å². The third-order valence-electron chi connectivity index (χ3n) is 4.52. The number of fused-ring (bicyclic) bond motifs is 1. The van der Waals surface area contributed by atoms with Crippen LogP contribution in [0.5, 0.6) is 0 Å². The Balaban J connectivity index is 1.56. The van der Waals surface area contributed by atoms with Crippen LogP contribution in [-0.4, -0.2) is 33.9 Å². The molecular weight excluding hydrogens is 439 g/mol. The number of alkyl halides is 3. The molecular formula is C20H13ClF3N3O2S. The zero-order chi connectivity index (χ0) is 21.5. The maximum Gasteiger partial charge on any atom is 0.446 e. The molecule has 1 aliphatic rings. The molecule has 0 saturated carbocycles. The molecule has 0 atom stereocenters. The number of pyridine rings is 1. The molecule has 5 nitrogen and oxygen atoms in total. The highest BCUT2D eigenvalue weighted by Crippen LogP contribution is 2.37. The molecule has 154 valence electrons. The zero-order valence-corrected chi connectivity index (χ0v) is 16.8. The van der Waals surface area contributed by atoms with Crippen molar-refractivity contribution in [3.05, 3.63) is 65.3 Å². The highest BCUT2D eigenvalue weighted by Gasteiger charge is 2.37. The molecule has 10 heteroatoms. The van der Waals surface area contributed by atoms with E-state index in [0.717, 1.165) is 15.8 Å². The van der Waals surface area contributed by atoms with Crippen LogP contribution in [-0.2, 0) is 11.3 Å². The van der Waals surface area contributed by atoms with Gasteiger partial charge < -0.3 is 4.90 Å². The molecule has 1 aromatic heterocycles. The van der Waals surface area contributed by atoms with Crippen molar-refractivity contribution in [2.45, 2.75) is 16.9 Å². The maximum absolute atomic E-state index is 12.8. The van der Waals surface area contributed by atoms with Gasteiger partial charge in [-0.15, -0.1) is 0 Å². The Morgan fingerprint density at radius 1 is 1.07 bits per heavy atom. The summed E-state index contributed by atoms with van der Waals surface area (Å²) in [7, 11) is 0. The number of thioether (sulfide) groups is 1. The van der Waals surface area contributed by atoms with Crippen LogP contribution in [0.3, 0.4) is 0 Å². The second kappa shape index (κ2) is 7.81. The number of carbonyl (C=O) groups is 2. The molecule has 4 rings (SSSR count). The second-order valence-corrected chi connectivity index (χ2v) is 8.12. The highest BCUT2D eigenvalue weighted by atomic mass is 35.5. The molecule has 0 radical (unpaired) electrons. The van der Waals surface area contributed by atoms with Crippen LogP contribution in [0.2, 0.25) is 5.02 Å². The minimum absolute atomic E-state index is 0.0256. The summed E-state index contributed by atoms with van der Waals surface area (Å²) in [6.45, 7) is 0.0325. The molecule has 2 heterocycles. The van der Waals surface area contributed by atoms with E-state index in [1.165, 1.54) is 29.2 Å². The first-order chi connectivity index (χ1) is 14.2. The summed E-state index contributed by atoms with van der Waals surface area (Å²) in [4.78, 5) is 31.9. The van der Waals surface area contributed by atoms with Crippen molar-refractivity contribution in [3.8, 4) is 0 Å². The molecule has 0 unspecified atom stereocenters. The topological polar surface area (TPSA) is 53.5 Å². The van der Waals surface area contributed by atoms with Gasteiger partial charge in [-0.05, 0) is 65.9 Å². The van der Waals surface area contributed by atoms with E-state index < -0.39 is 17.4 Å². The normalized spacial score (nSPS) is 14.8. The molecule has 0 N–H and O–H groups in total. The predicted octanol–water partition coefficient (Wildman–Crippen LogP) is 5.47. The Morgan fingerprint density at radius 3 is 2.50 bits per heavy atom. The quantitative estimate of drug-likeness (QED) is 0.390. The van der Waals surface area contributed by atoms with Crippen molar-refractivity contribution in [2.75, 3.05) is 11.4 Å². The van der Waals surface area contributed by atoms with E-state index in [4.69, 9.17) is 11.6 Å². The summed E-state index contributed by atoms with van der Waals surface area (Å²) in [5, 5.41) is 1.30. The Bertz CT molecular complexity index is 1140. The number of nitrogens with zero attached hydrogens (tertiary/aromatic N) is 3. The van der Waals surface area contributed by atoms with E-state index in [1.807, 2.05) is 0 Å². The van der Waals surface area contributed by atoms with Gasteiger partial charge in [-0.25, -0.2) is 9.69 Å². The van der Waals surface area contributed by atoms with E-state index in [9.17, 15) is 22.8 Å². The summed E-state index contributed by atoms with van der Waals surface area (Å²) >= 11 is 5.82. The van der Waals surface area contributed by atoms with E-state index in [0.29, 0.717) is 10.5 Å². The number of rotatable bonds is 4. The van der Waals surface area contributed by atoms with E-state index in [1.54, 1.807) is 30.5 Å². The van der Waals surface area contributed by atoms with Crippen LogP contribution < -0.4 is 4.90 Å². The summed E-state index contributed by atoms with van der Waals surface area (Å²) in [5.41, 5.74) is -2.69. The van der Waals surface area contributed by atoms with Crippen LogP contribution in [0.1, 0.15) is 5.56 Å². The SMILES string of the molecule is O=C1CN(Cc2ccnc3ccc(Cl)cc23)C(=O)N1c1ccc(SC(F)(F)F)cc1. The minimum atomic E-state index is -4.41. The van der Waals surface area contributed by atoms with Crippen LogP contribution in [0.4, 0.5) is 23.7 Å². The summed E-state index contributed by atoms with van der Waals surface area (Å²) in [6, 6.07) is 11.6. The van der Waals surface area contributed by atoms with Crippen molar-refractivity contribution >= 4 is 51.9 Å². The number of urea groups is 1. The van der Waals surface area contributed by atoms with Gasteiger partial charge in [-0.3, -0.25) is 9.78 Å². The van der Waals surface area contributed by atoms with Crippen LogP contribution in [0.15, 0.2) is 59.6 Å². The Morgan fingerprint density at radius 2 is 1.80 bits per heavy atom. The Labute approximate surface area is 178 Å². The monoisotopic (exact) mass is 451 g/mol. The van der Waals surface area contributed by atoms with Crippen molar-refractivity contribution in [1.82, 2.24) is 9.88 Å². The number of hydrogen-bond acceptors (Lipinski definition) is 4. The highest BCUT2D eigenvalue weighted by molar-refractivity contribution is 8.00. The average Bonchev–Trinajstić information content (AvgIpc) is 2.95. The number of imide groups is 1. The molecule has 0 spiro atoms. The fourth-order valence-corrected chi connectivity index (χ4v) is 3.95. The zero-order valence-electron chi connectivity index (χ0n) is 15.2. The number of hydrogen-bond donors (Lipinski definition) is 0. The maximum atomic E-state index is 12.8. The molecule has 0 aliphatic carbocycles. The fourth-order valence-electron chi connectivity index (χ4n) is 3.24.